The molecule has 3 N–H and O–H groups in total. The van der Waals surface area contributed by atoms with Gasteiger partial charge in [-0.3, -0.25) is 9.78 Å². The molecule has 1 fully saturated rings. The molecule has 0 aliphatic carbocycles. The lowest BCUT2D eigenvalue weighted by Gasteiger charge is -2.08. The minimum absolute atomic E-state index is 0.0286. The average Bonchev–Trinajstić information content (AvgIpc) is 2.57. The van der Waals surface area contributed by atoms with Crippen LogP contribution < -0.4 is 10.9 Å². The fourth-order valence-corrected chi connectivity index (χ4v) is 2.69. The van der Waals surface area contributed by atoms with Gasteiger partial charge in [0.1, 0.15) is 11.6 Å². The third kappa shape index (κ3) is 5.13. The number of nitrogens with zero attached hydrogens (tertiary/aromatic N) is 1. The summed E-state index contributed by atoms with van der Waals surface area (Å²) in [5.74, 6) is 0. The van der Waals surface area contributed by atoms with E-state index in [1.54, 1.807) is 12.1 Å². The Labute approximate surface area is 147 Å². The summed E-state index contributed by atoms with van der Waals surface area (Å²) in [7, 11) is 0. The van der Waals surface area contributed by atoms with Gasteiger partial charge in [0.05, 0.1) is 5.69 Å². The Hall–Kier alpha value is -1.75. The van der Waals surface area contributed by atoms with Gasteiger partial charge in [0.15, 0.2) is 4.77 Å². The van der Waals surface area contributed by atoms with Gasteiger partial charge in [0.2, 0.25) is 0 Å². The zero-order valence-electron chi connectivity index (χ0n) is 12.5. The molecule has 0 amide bonds. The number of aromatic nitrogens is 2. The van der Waals surface area contributed by atoms with Crippen LogP contribution in [0.1, 0.15) is 24.8 Å². The molecule has 1 aromatic heterocycles. The maximum Gasteiger partial charge on any atom is 0.270 e. The molecule has 1 aromatic carbocycles. The van der Waals surface area contributed by atoms with Gasteiger partial charge in [0, 0.05) is 4.47 Å². The molecule has 0 radical (unpaired) electrons. The monoisotopic (exact) mass is 392 g/mol. The zero-order valence-corrected chi connectivity index (χ0v) is 14.9. The fourth-order valence-electron chi connectivity index (χ4n) is 2.23. The highest BCUT2D eigenvalue weighted by molar-refractivity contribution is 9.10. The summed E-state index contributed by atoms with van der Waals surface area (Å²) in [6.45, 7) is 2.50. The van der Waals surface area contributed by atoms with Gasteiger partial charge >= 0.3 is 0 Å². The molecular formula is C16H17BrN4OS. The number of nitriles is 1. The third-order valence-electron chi connectivity index (χ3n) is 3.39. The lowest BCUT2D eigenvalue weighted by molar-refractivity contribution is 0.520. The first kappa shape index (κ1) is 17.6. The minimum Gasteiger partial charge on any atom is -0.331 e. The van der Waals surface area contributed by atoms with E-state index in [-0.39, 0.29) is 10.3 Å². The SMILES string of the molecule is C1CCNCC1.N#Cc1c(-c2ccc(Br)cc2)[nH]c(=S)[nH]c1=O. The quantitative estimate of drug-likeness (QED) is 0.648. The number of hydrogen-bond donors (Lipinski definition) is 3. The molecule has 1 aliphatic rings. The Balaban J connectivity index is 0.000000268. The van der Waals surface area contributed by atoms with Crippen molar-refractivity contribution in [1.82, 2.24) is 15.3 Å². The summed E-state index contributed by atoms with van der Waals surface area (Å²) in [5.41, 5.74) is 0.728. The van der Waals surface area contributed by atoms with Gasteiger partial charge in [-0.15, -0.1) is 0 Å². The first-order valence-corrected chi connectivity index (χ1v) is 8.55. The summed E-state index contributed by atoms with van der Waals surface area (Å²) >= 11 is 8.21. The number of H-pyrrole nitrogens is 2. The van der Waals surface area contributed by atoms with Crippen molar-refractivity contribution in [2.24, 2.45) is 0 Å². The molecule has 1 saturated heterocycles. The van der Waals surface area contributed by atoms with Crippen LogP contribution in [0.3, 0.4) is 0 Å². The maximum atomic E-state index is 11.6. The maximum absolute atomic E-state index is 11.6. The highest BCUT2D eigenvalue weighted by Crippen LogP contribution is 2.20. The third-order valence-corrected chi connectivity index (χ3v) is 4.13. The average molecular weight is 393 g/mol. The molecule has 3 rings (SSSR count). The van der Waals surface area contributed by atoms with E-state index in [9.17, 15) is 4.79 Å². The molecule has 7 heteroatoms. The minimum atomic E-state index is -0.478. The first-order chi connectivity index (χ1) is 11.1. The Bertz CT molecular complexity index is 789. The van der Waals surface area contributed by atoms with Crippen molar-refractivity contribution in [1.29, 1.82) is 5.26 Å². The zero-order chi connectivity index (χ0) is 16.7. The standard InChI is InChI=1S/C11H6BrN3OS.C5H11N/c12-7-3-1-6(2-4-7)9-8(5-13)10(16)15-11(17)14-9;1-2-4-6-5-3-1/h1-4H,(H2,14,15,16,17);6H,1-5H2. The lowest BCUT2D eigenvalue weighted by atomic mass is 10.1. The summed E-state index contributed by atoms with van der Waals surface area (Å²) < 4.78 is 1.12. The van der Waals surface area contributed by atoms with E-state index >= 15 is 0 Å². The molecule has 0 spiro atoms. The number of piperidine rings is 1. The molecule has 120 valence electrons. The van der Waals surface area contributed by atoms with Crippen molar-refractivity contribution < 1.29 is 0 Å². The van der Waals surface area contributed by atoms with Gasteiger partial charge in [-0.25, -0.2) is 0 Å². The summed E-state index contributed by atoms with van der Waals surface area (Å²) in [4.78, 5) is 16.8. The normalized spacial score (nSPS) is 13.6. The Morgan fingerprint density at radius 2 is 1.74 bits per heavy atom. The molecule has 23 heavy (non-hydrogen) atoms. The summed E-state index contributed by atoms with van der Waals surface area (Å²) in [6, 6.07) is 9.12. The molecule has 1 aliphatic heterocycles. The van der Waals surface area contributed by atoms with Crippen LogP contribution in [-0.4, -0.2) is 23.1 Å². The van der Waals surface area contributed by atoms with Crippen molar-refractivity contribution in [3.05, 3.63) is 49.4 Å². The molecule has 2 heterocycles. The van der Waals surface area contributed by atoms with Crippen molar-refractivity contribution in [2.45, 2.75) is 19.3 Å². The van der Waals surface area contributed by atoms with Crippen molar-refractivity contribution in [2.75, 3.05) is 13.1 Å². The number of halogens is 1. The van der Waals surface area contributed by atoms with Crippen LogP contribution in [0.15, 0.2) is 33.5 Å². The van der Waals surface area contributed by atoms with E-state index in [4.69, 9.17) is 17.5 Å². The number of rotatable bonds is 1. The number of benzene rings is 1. The van der Waals surface area contributed by atoms with Crippen LogP contribution in [0.4, 0.5) is 0 Å². The number of nitrogens with one attached hydrogen (secondary N) is 3. The van der Waals surface area contributed by atoms with E-state index in [2.05, 4.69) is 31.2 Å². The van der Waals surface area contributed by atoms with E-state index in [1.807, 2.05) is 18.2 Å². The predicted octanol–water partition coefficient (Wildman–Crippen LogP) is 3.49. The Morgan fingerprint density at radius 1 is 1.09 bits per heavy atom. The summed E-state index contributed by atoms with van der Waals surface area (Å²) in [6.07, 6.45) is 4.22. The van der Waals surface area contributed by atoms with Crippen LogP contribution in [0.25, 0.3) is 11.3 Å². The van der Waals surface area contributed by atoms with Crippen LogP contribution >= 0.6 is 28.1 Å². The van der Waals surface area contributed by atoms with Crippen molar-refractivity contribution >= 4 is 28.1 Å². The molecule has 0 atom stereocenters. The fraction of sp³-hybridized carbons (Fsp3) is 0.312. The Kier molecular flexibility index (Phi) is 6.71. The predicted molar refractivity (Wildman–Crippen MR) is 96.8 cm³/mol. The molecule has 0 unspecified atom stereocenters. The highest BCUT2D eigenvalue weighted by Gasteiger charge is 2.09. The smallest absolute Gasteiger partial charge is 0.270 e. The molecular weight excluding hydrogens is 376 g/mol. The van der Waals surface area contributed by atoms with Gasteiger partial charge < -0.3 is 10.3 Å². The highest BCUT2D eigenvalue weighted by atomic mass is 79.9. The van der Waals surface area contributed by atoms with Gasteiger partial charge in [-0.05, 0) is 55.8 Å². The van der Waals surface area contributed by atoms with Crippen LogP contribution in [-0.2, 0) is 0 Å². The lowest BCUT2D eigenvalue weighted by Crippen LogP contribution is -2.21. The number of hydrogen-bond acceptors (Lipinski definition) is 4. The van der Waals surface area contributed by atoms with Gasteiger partial charge in [0.25, 0.3) is 5.56 Å². The Morgan fingerprint density at radius 3 is 2.22 bits per heavy atom. The van der Waals surface area contributed by atoms with E-state index < -0.39 is 5.56 Å². The van der Waals surface area contributed by atoms with E-state index in [1.165, 1.54) is 32.4 Å². The van der Waals surface area contributed by atoms with Crippen molar-refractivity contribution in [3.63, 3.8) is 0 Å². The van der Waals surface area contributed by atoms with Crippen LogP contribution in [0.2, 0.25) is 0 Å². The van der Waals surface area contributed by atoms with Crippen LogP contribution in [0, 0.1) is 16.1 Å². The van der Waals surface area contributed by atoms with E-state index in [0.29, 0.717) is 5.69 Å². The second kappa shape index (κ2) is 8.77. The van der Waals surface area contributed by atoms with Gasteiger partial charge in [-0.2, -0.15) is 5.26 Å². The largest absolute Gasteiger partial charge is 0.331 e. The number of aromatic amines is 2. The summed E-state index contributed by atoms with van der Waals surface area (Å²) in [5, 5.41) is 12.3. The molecule has 0 bridgehead atoms. The molecule has 0 saturated carbocycles. The second-order valence-corrected chi connectivity index (χ2v) is 6.41. The van der Waals surface area contributed by atoms with Crippen molar-refractivity contribution in [3.8, 4) is 17.3 Å². The topological polar surface area (TPSA) is 84.5 Å². The van der Waals surface area contributed by atoms with Crippen LogP contribution in [0.5, 0.6) is 0 Å². The van der Waals surface area contributed by atoms with Gasteiger partial charge in [-0.1, -0.05) is 34.5 Å². The van der Waals surface area contributed by atoms with E-state index in [0.717, 1.165) is 10.0 Å². The molecule has 2 aromatic rings. The second-order valence-electron chi connectivity index (χ2n) is 5.09. The first-order valence-electron chi connectivity index (χ1n) is 7.35. The molecule has 5 nitrogen and oxygen atoms in total.